The van der Waals surface area contributed by atoms with Crippen LogP contribution in [-0.2, 0) is 4.79 Å². The number of aliphatic carboxylic acids is 1. The second-order valence-corrected chi connectivity index (χ2v) is 4.38. The van der Waals surface area contributed by atoms with Crippen molar-refractivity contribution < 1.29 is 14.7 Å². The molecule has 6 nitrogen and oxygen atoms in total. The average molecular weight is 243 g/mol. The molecule has 6 heteroatoms. The van der Waals surface area contributed by atoms with Gasteiger partial charge in [-0.05, 0) is 12.8 Å². The lowest BCUT2D eigenvalue weighted by molar-refractivity contribution is -0.142. The van der Waals surface area contributed by atoms with Gasteiger partial charge in [0.1, 0.15) is 0 Å². The lowest BCUT2D eigenvalue weighted by atomic mass is 9.95. The van der Waals surface area contributed by atoms with Gasteiger partial charge in [-0.25, -0.2) is 4.79 Å². The average Bonchev–Trinajstić information content (AvgIpc) is 2.51. The first kappa shape index (κ1) is 13.8. The highest BCUT2D eigenvalue weighted by atomic mass is 16.4. The Labute approximate surface area is 101 Å². The predicted octanol–water partition coefficient (Wildman–Crippen LogP) is 0.278. The quantitative estimate of drug-likeness (QED) is 0.532. The summed E-state index contributed by atoms with van der Waals surface area (Å²) >= 11 is 0. The number of carboxylic acid groups (broad SMARTS) is 1. The Morgan fingerprint density at radius 1 is 1.24 bits per heavy atom. The number of carboxylic acids is 1. The summed E-state index contributed by atoms with van der Waals surface area (Å²) in [5.41, 5.74) is 5.27. The van der Waals surface area contributed by atoms with Gasteiger partial charge in [0.15, 0.2) is 0 Å². The van der Waals surface area contributed by atoms with Gasteiger partial charge in [0, 0.05) is 19.1 Å². The van der Waals surface area contributed by atoms with Gasteiger partial charge >= 0.3 is 12.0 Å². The maximum atomic E-state index is 11.5. The van der Waals surface area contributed by atoms with E-state index >= 15 is 0 Å². The highest BCUT2D eigenvalue weighted by Crippen LogP contribution is 2.23. The molecule has 0 aliphatic heterocycles. The van der Waals surface area contributed by atoms with Crippen LogP contribution in [0.2, 0.25) is 0 Å². The standard InChI is InChI=1S/C11H21N3O3/c12-6-7-13-11(17)14-9-5-3-1-2-4-8(9)10(15)16/h8-9H,1-7,12H2,(H,15,16)(H2,13,14,17). The van der Waals surface area contributed by atoms with Gasteiger partial charge in [0.2, 0.25) is 0 Å². The summed E-state index contributed by atoms with van der Waals surface area (Å²) in [6, 6.07) is -0.596. The fourth-order valence-electron chi connectivity index (χ4n) is 2.18. The van der Waals surface area contributed by atoms with Gasteiger partial charge in [-0.15, -0.1) is 0 Å². The van der Waals surface area contributed by atoms with Crippen LogP contribution in [0.25, 0.3) is 0 Å². The van der Waals surface area contributed by atoms with Crippen LogP contribution in [0, 0.1) is 5.92 Å². The number of carbonyl (C=O) groups excluding carboxylic acids is 1. The van der Waals surface area contributed by atoms with Gasteiger partial charge in [-0.3, -0.25) is 4.79 Å². The Bertz CT molecular complexity index is 271. The summed E-state index contributed by atoms with van der Waals surface area (Å²) in [6.45, 7) is 0.775. The molecule has 5 N–H and O–H groups in total. The van der Waals surface area contributed by atoms with E-state index in [4.69, 9.17) is 10.8 Å². The van der Waals surface area contributed by atoms with Crippen LogP contribution < -0.4 is 16.4 Å². The molecule has 1 rings (SSSR count). The molecular weight excluding hydrogens is 222 g/mol. The number of nitrogens with two attached hydrogens (primary N) is 1. The number of hydrogen-bond acceptors (Lipinski definition) is 3. The molecule has 2 amide bonds. The van der Waals surface area contributed by atoms with E-state index in [2.05, 4.69) is 10.6 Å². The number of rotatable bonds is 4. The number of amides is 2. The molecule has 0 aromatic rings. The minimum Gasteiger partial charge on any atom is -0.481 e. The monoisotopic (exact) mass is 243 g/mol. The summed E-state index contributed by atoms with van der Waals surface area (Å²) in [5.74, 6) is -1.29. The Morgan fingerprint density at radius 3 is 2.59 bits per heavy atom. The third kappa shape index (κ3) is 4.60. The van der Waals surface area contributed by atoms with E-state index in [1.165, 1.54) is 0 Å². The highest BCUT2D eigenvalue weighted by Gasteiger charge is 2.30. The normalized spacial score (nSPS) is 24.8. The largest absolute Gasteiger partial charge is 0.481 e. The molecule has 1 saturated carbocycles. The summed E-state index contributed by atoms with van der Waals surface area (Å²) < 4.78 is 0. The van der Waals surface area contributed by atoms with Crippen molar-refractivity contribution in [3.05, 3.63) is 0 Å². The highest BCUT2D eigenvalue weighted by molar-refractivity contribution is 5.76. The fraction of sp³-hybridized carbons (Fsp3) is 0.818. The Kier molecular flexibility index (Phi) is 5.76. The van der Waals surface area contributed by atoms with E-state index in [0.717, 1.165) is 25.7 Å². The van der Waals surface area contributed by atoms with E-state index in [-0.39, 0.29) is 12.1 Å². The Balaban J connectivity index is 2.51. The summed E-state index contributed by atoms with van der Waals surface area (Å²) in [5, 5.41) is 14.5. The van der Waals surface area contributed by atoms with Crippen molar-refractivity contribution in [2.75, 3.05) is 13.1 Å². The van der Waals surface area contributed by atoms with Crippen molar-refractivity contribution in [2.24, 2.45) is 11.7 Å². The Hall–Kier alpha value is -1.30. The van der Waals surface area contributed by atoms with Gasteiger partial charge in [-0.1, -0.05) is 19.3 Å². The van der Waals surface area contributed by atoms with E-state index < -0.39 is 11.9 Å². The molecule has 1 aliphatic rings. The molecule has 1 aliphatic carbocycles. The number of urea groups is 1. The van der Waals surface area contributed by atoms with E-state index in [1.807, 2.05) is 0 Å². The van der Waals surface area contributed by atoms with E-state index in [9.17, 15) is 9.59 Å². The third-order valence-corrected chi connectivity index (χ3v) is 3.08. The zero-order valence-electron chi connectivity index (χ0n) is 9.95. The molecule has 0 radical (unpaired) electrons. The van der Waals surface area contributed by atoms with Crippen LogP contribution in [0.5, 0.6) is 0 Å². The number of carbonyl (C=O) groups is 2. The lowest BCUT2D eigenvalue weighted by Crippen LogP contribution is -2.48. The van der Waals surface area contributed by atoms with Crippen LogP contribution in [0.15, 0.2) is 0 Å². The summed E-state index contributed by atoms with van der Waals surface area (Å²) in [7, 11) is 0. The molecular formula is C11H21N3O3. The predicted molar refractivity (Wildman–Crippen MR) is 63.6 cm³/mol. The molecule has 0 aromatic heterocycles. The molecule has 2 atom stereocenters. The summed E-state index contributed by atoms with van der Waals surface area (Å²) in [4.78, 5) is 22.6. The first-order valence-corrected chi connectivity index (χ1v) is 6.12. The minimum absolute atomic E-state index is 0.271. The minimum atomic E-state index is -0.823. The van der Waals surface area contributed by atoms with E-state index in [0.29, 0.717) is 19.5 Å². The molecule has 0 aromatic carbocycles. The molecule has 17 heavy (non-hydrogen) atoms. The van der Waals surface area contributed by atoms with Crippen LogP contribution in [0.3, 0.4) is 0 Å². The third-order valence-electron chi connectivity index (χ3n) is 3.08. The second kappa shape index (κ2) is 7.11. The van der Waals surface area contributed by atoms with Crippen molar-refractivity contribution in [1.82, 2.24) is 10.6 Å². The first-order valence-electron chi connectivity index (χ1n) is 6.12. The zero-order valence-corrected chi connectivity index (χ0v) is 9.95. The first-order chi connectivity index (χ1) is 8.15. The van der Waals surface area contributed by atoms with Crippen molar-refractivity contribution in [3.63, 3.8) is 0 Å². The maximum Gasteiger partial charge on any atom is 0.315 e. The lowest BCUT2D eigenvalue weighted by Gasteiger charge is -2.22. The smallest absolute Gasteiger partial charge is 0.315 e. The SMILES string of the molecule is NCCNC(=O)NC1CCCCCC1C(=O)O. The van der Waals surface area contributed by atoms with Crippen molar-refractivity contribution in [1.29, 1.82) is 0 Å². The molecule has 1 fully saturated rings. The van der Waals surface area contributed by atoms with Crippen molar-refractivity contribution in [2.45, 2.75) is 38.1 Å². The number of nitrogens with one attached hydrogen (secondary N) is 2. The van der Waals surface area contributed by atoms with Crippen LogP contribution >= 0.6 is 0 Å². The van der Waals surface area contributed by atoms with Crippen molar-refractivity contribution >= 4 is 12.0 Å². The fourth-order valence-corrected chi connectivity index (χ4v) is 2.18. The van der Waals surface area contributed by atoms with Crippen LogP contribution in [0.1, 0.15) is 32.1 Å². The molecule has 98 valence electrons. The van der Waals surface area contributed by atoms with Gasteiger partial charge in [0.05, 0.1) is 5.92 Å². The summed E-state index contributed by atoms with van der Waals surface area (Å²) in [6.07, 6.45) is 4.28. The molecule has 0 bridgehead atoms. The van der Waals surface area contributed by atoms with Gasteiger partial charge in [0.25, 0.3) is 0 Å². The molecule has 2 unspecified atom stereocenters. The van der Waals surface area contributed by atoms with E-state index in [1.54, 1.807) is 0 Å². The van der Waals surface area contributed by atoms with Crippen LogP contribution in [0.4, 0.5) is 4.79 Å². The van der Waals surface area contributed by atoms with Gasteiger partial charge in [-0.2, -0.15) is 0 Å². The van der Waals surface area contributed by atoms with Crippen molar-refractivity contribution in [3.8, 4) is 0 Å². The Morgan fingerprint density at radius 2 is 1.94 bits per heavy atom. The molecule has 0 spiro atoms. The van der Waals surface area contributed by atoms with Gasteiger partial charge < -0.3 is 21.5 Å². The maximum absolute atomic E-state index is 11.5. The molecule has 0 saturated heterocycles. The topological polar surface area (TPSA) is 104 Å². The second-order valence-electron chi connectivity index (χ2n) is 4.38. The van der Waals surface area contributed by atoms with Crippen LogP contribution in [-0.4, -0.2) is 36.2 Å². The zero-order chi connectivity index (χ0) is 12.7. The molecule has 0 heterocycles. The number of hydrogen-bond donors (Lipinski definition) is 4.